The van der Waals surface area contributed by atoms with E-state index in [4.69, 9.17) is 0 Å². The maximum absolute atomic E-state index is 13.9. The monoisotopic (exact) mass is 246 g/mol. The fourth-order valence-corrected chi connectivity index (χ4v) is 2.86. The van der Waals surface area contributed by atoms with Crippen molar-refractivity contribution in [3.05, 3.63) is 45.0 Å². The van der Waals surface area contributed by atoms with Crippen LogP contribution in [0.3, 0.4) is 0 Å². The van der Waals surface area contributed by atoms with E-state index < -0.39 is 5.82 Å². The Morgan fingerprint density at radius 1 is 1.39 bits per heavy atom. The molecule has 94 valence electrons. The first-order valence-electron chi connectivity index (χ1n) is 6.11. The van der Waals surface area contributed by atoms with Crippen LogP contribution in [0.5, 0.6) is 0 Å². The van der Waals surface area contributed by atoms with Gasteiger partial charge < -0.3 is 9.88 Å². The number of benzene rings is 1. The van der Waals surface area contributed by atoms with E-state index in [2.05, 4.69) is 5.32 Å². The van der Waals surface area contributed by atoms with E-state index in [0.29, 0.717) is 12.1 Å². The smallest absolute Gasteiger partial charge is 0.197 e. The van der Waals surface area contributed by atoms with Crippen LogP contribution < -0.4 is 10.7 Å². The lowest BCUT2D eigenvalue weighted by Crippen LogP contribution is -2.32. The van der Waals surface area contributed by atoms with Gasteiger partial charge in [0, 0.05) is 37.8 Å². The van der Waals surface area contributed by atoms with Gasteiger partial charge in [-0.2, -0.15) is 0 Å². The van der Waals surface area contributed by atoms with Crippen molar-refractivity contribution < 1.29 is 4.39 Å². The Balaban J connectivity index is 2.56. The van der Waals surface area contributed by atoms with E-state index in [1.807, 2.05) is 18.5 Å². The molecule has 0 unspecified atom stereocenters. The summed E-state index contributed by atoms with van der Waals surface area (Å²) in [5, 5.41) is 3.39. The molecule has 1 aliphatic rings. The highest BCUT2D eigenvalue weighted by Gasteiger charge is 2.20. The molecule has 0 saturated heterocycles. The molecule has 0 bridgehead atoms. The molecule has 0 radical (unpaired) electrons. The molecule has 2 aromatic rings. The minimum Gasteiger partial charge on any atom is -0.347 e. The van der Waals surface area contributed by atoms with Gasteiger partial charge >= 0.3 is 0 Å². The Labute approximate surface area is 104 Å². The maximum atomic E-state index is 13.9. The highest BCUT2D eigenvalue weighted by Crippen LogP contribution is 2.22. The number of aromatic nitrogens is 1. The number of hydrogen-bond donors (Lipinski definition) is 1. The molecule has 0 fully saturated rings. The molecule has 0 spiro atoms. The quantitative estimate of drug-likeness (QED) is 0.766. The van der Waals surface area contributed by atoms with Crippen LogP contribution in [0.1, 0.15) is 16.8 Å². The third kappa shape index (κ3) is 1.42. The number of aryl methyl sites for hydroxylation is 2. The van der Waals surface area contributed by atoms with Crippen molar-refractivity contribution in [3.8, 4) is 0 Å². The largest absolute Gasteiger partial charge is 0.347 e. The molecule has 3 rings (SSSR count). The van der Waals surface area contributed by atoms with E-state index in [1.165, 1.54) is 6.07 Å². The summed E-state index contributed by atoms with van der Waals surface area (Å²) in [6, 6.07) is 3.10. The minimum atomic E-state index is -0.426. The van der Waals surface area contributed by atoms with Gasteiger partial charge in [-0.15, -0.1) is 0 Å². The maximum Gasteiger partial charge on any atom is 0.197 e. The molecule has 18 heavy (non-hydrogen) atoms. The van der Waals surface area contributed by atoms with Crippen molar-refractivity contribution in [2.24, 2.45) is 7.05 Å². The number of halogens is 1. The summed E-state index contributed by atoms with van der Waals surface area (Å²) < 4.78 is 15.9. The molecule has 0 aliphatic carbocycles. The molecule has 2 heterocycles. The number of pyridine rings is 1. The summed E-state index contributed by atoms with van der Waals surface area (Å²) in [4.78, 5) is 12.4. The number of fused-ring (bicyclic) bond motifs is 2. The lowest BCUT2D eigenvalue weighted by atomic mass is 10.0. The Kier molecular flexibility index (Phi) is 2.48. The zero-order valence-electron chi connectivity index (χ0n) is 10.5. The Bertz CT molecular complexity index is 703. The van der Waals surface area contributed by atoms with E-state index in [9.17, 15) is 9.18 Å². The summed E-state index contributed by atoms with van der Waals surface area (Å²) in [5.41, 5.74) is 3.24. The number of rotatable bonds is 0. The molecule has 0 atom stereocenters. The van der Waals surface area contributed by atoms with Gasteiger partial charge in [0.15, 0.2) is 5.43 Å². The molecule has 1 N–H and O–H groups in total. The second-order valence-corrected chi connectivity index (χ2v) is 4.83. The highest BCUT2D eigenvalue weighted by molar-refractivity contribution is 5.84. The standard InChI is InChI=1S/C14H15FN2O/c1-8-3-4-10(15)12-13(8)17(2)11-5-6-16-7-9(11)14(12)18/h3-4,16H,5-7H2,1-2H3. The van der Waals surface area contributed by atoms with Crippen LogP contribution in [0.4, 0.5) is 4.39 Å². The Hall–Kier alpha value is -1.68. The lowest BCUT2D eigenvalue weighted by molar-refractivity contribution is 0.602. The van der Waals surface area contributed by atoms with Crippen LogP contribution in [0.15, 0.2) is 16.9 Å². The Morgan fingerprint density at radius 2 is 2.17 bits per heavy atom. The van der Waals surface area contributed by atoms with Gasteiger partial charge in [0.05, 0.1) is 10.9 Å². The van der Waals surface area contributed by atoms with Gasteiger partial charge in [-0.1, -0.05) is 6.07 Å². The van der Waals surface area contributed by atoms with Gasteiger partial charge in [0.1, 0.15) is 5.82 Å². The number of nitrogens with one attached hydrogen (secondary N) is 1. The van der Waals surface area contributed by atoms with Crippen LogP contribution in [0, 0.1) is 12.7 Å². The molecular weight excluding hydrogens is 231 g/mol. The summed E-state index contributed by atoms with van der Waals surface area (Å²) >= 11 is 0. The first kappa shape index (κ1) is 11.4. The van der Waals surface area contributed by atoms with Gasteiger partial charge in [-0.05, 0) is 18.6 Å². The van der Waals surface area contributed by atoms with Crippen molar-refractivity contribution in [1.82, 2.24) is 9.88 Å². The van der Waals surface area contributed by atoms with Gasteiger partial charge in [-0.3, -0.25) is 4.79 Å². The Morgan fingerprint density at radius 3 is 2.94 bits per heavy atom. The van der Waals surface area contributed by atoms with Crippen molar-refractivity contribution in [2.75, 3.05) is 6.54 Å². The van der Waals surface area contributed by atoms with Crippen molar-refractivity contribution in [2.45, 2.75) is 19.9 Å². The van der Waals surface area contributed by atoms with Crippen LogP contribution >= 0.6 is 0 Å². The molecular formula is C14H15FN2O. The molecule has 0 saturated carbocycles. The summed E-state index contributed by atoms with van der Waals surface area (Å²) in [6.07, 6.45) is 0.812. The molecule has 4 heteroatoms. The van der Waals surface area contributed by atoms with Gasteiger partial charge in [-0.25, -0.2) is 4.39 Å². The van der Waals surface area contributed by atoms with Gasteiger partial charge in [0.25, 0.3) is 0 Å². The van der Waals surface area contributed by atoms with Crippen LogP contribution in [0.25, 0.3) is 10.9 Å². The molecule has 1 aromatic carbocycles. The molecule has 1 aliphatic heterocycles. The average molecular weight is 246 g/mol. The van der Waals surface area contributed by atoms with Crippen LogP contribution in [0.2, 0.25) is 0 Å². The number of hydrogen-bond acceptors (Lipinski definition) is 2. The minimum absolute atomic E-state index is 0.161. The van der Waals surface area contributed by atoms with Crippen molar-refractivity contribution in [3.63, 3.8) is 0 Å². The van der Waals surface area contributed by atoms with E-state index in [-0.39, 0.29) is 10.8 Å². The third-order valence-electron chi connectivity index (χ3n) is 3.76. The first-order valence-corrected chi connectivity index (χ1v) is 6.11. The first-order chi connectivity index (χ1) is 8.61. The zero-order valence-corrected chi connectivity index (χ0v) is 10.5. The second kappa shape index (κ2) is 3.92. The molecule has 3 nitrogen and oxygen atoms in total. The SMILES string of the molecule is Cc1ccc(F)c2c(=O)c3c(n(C)c12)CCNC3. The summed E-state index contributed by atoms with van der Waals surface area (Å²) in [5.74, 6) is -0.426. The highest BCUT2D eigenvalue weighted by atomic mass is 19.1. The lowest BCUT2D eigenvalue weighted by Gasteiger charge is -2.22. The topological polar surface area (TPSA) is 34.0 Å². The fourth-order valence-electron chi connectivity index (χ4n) is 2.86. The van der Waals surface area contributed by atoms with Crippen molar-refractivity contribution in [1.29, 1.82) is 0 Å². The van der Waals surface area contributed by atoms with Crippen molar-refractivity contribution >= 4 is 10.9 Å². The van der Waals surface area contributed by atoms with Gasteiger partial charge in [0.2, 0.25) is 0 Å². The molecule has 1 aromatic heterocycles. The van der Waals surface area contributed by atoms with Crippen LogP contribution in [-0.2, 0) is 20.0 Å². The summed E-state index contributed by atoms with van der Waals surface area (Å²) in [7, 11) is 1.92. The van der Waals surface area contributed by atoms with E-state index in [0.717, 1.165) is 29.7 Å². The third-order valence-corrected chi connectivity index (χ3v) is 3.76. The number of nitrogens with zero attached hydrogens (tertiary/aromatic N) is 1. The average Bonchev–Trinajstić information content (AvgIpc) is 2.38. The van der Waals surface area contributed by atoms with Crippen LogP contribution in [-0.4, -0.2) is 11.1 Å². The zero-order chi connectivity index (χ0) is 12.9. The second-order valence-electron chi connectivity index (χ2n) is 4.83. The van der Waals surface area contributed by atoms with E-state index in [1.54, 1.807) is 6.07 Å². The predicted octanol–water partition coefficient (Wildman–Crippen LogP) is 1.63. The normalized spacial score (nSPS) is 14.8. The fraction of sp³-hybridized carbons (Fsp3) is 0.357. The van der Waals surface area contributed by atoms with E-state index >= 15 is 0 Å². The summed E-state index contributed by atoms with van der Waals surface area (Å²) in [6.45, 7) is 3.31. The molecule has 0 amide bonds. The predicted molar refractivity (Wildman–Crippen MR) is 69.3 cm³/mol.